The topological polar surface area (TPSA) is 79.4 Å². The molecule has 1 aromatic heterocycles. The fourth-order valence-corrected chi connectivity index (χ4v) is 2.60. The normalized spacial score (nSPS) is 10.5. The largest absolute Gasteiger partial charge is 0.490 e. The number of methoxy groups -OCH3 is 1. The first-order valence-electron chi connectivity index (χ1n) is 6.06. The number of aryl methyl sites for hydroxylation is 2. The molecule has 0 bridgehead atoms. The molecule has 2 aromatic rings. The number of hydrogen-bond acceptors (Lipinski definition) is 5. The molecule has 8 heteroatoms. The van der Waals surface area contributed by atoms with Crippen molar-refractivity contribution in [2.45, 2.75) is 12.3 Å². The van der Waals surface area contributed by atoms with E-state index in [1.54, 1.807) is 17.8 Å². The first-order chi connectivity index (χ1) is 9.97. The van der Waals surface area contributed by atoms with Crippen molar-refractivity contribution in [3.8, 4) is 17.4 Å². The molecule has 0 unspecified atom stereocenters. The van der Waals surface area contributed by atoms with Crippen LogP contribution in [0, 0.1) is 17.0 Å². The van der Waals surface area contributed by atoms with Gasteiger partial charge in [0.2, 0.25) is 5.88 Å². The maximum absolute atomic E-state index is 11.0. The van der Waals surface area contributed by atoms with E-state index in [2.05, 4.69) is 21.0 Å². The maximum Gasteiger partial charge on any atom is 0.314 e. The van der Waals surface area contributed by atoms with Crippen molar-refractivity contribution in [3.05, 3.63) is 39.6 Å². The first-order valence-corrected chi connectivity index (χ1v) is 7.18. The van der Waals surface area contributed by atoms with Crippen LogP contribution >= 0.6 is 15.9 Å². The molecule has 0 spiro atoms. The second kappa shape index (κ2) is 6.13. The van der Waals surface area contributed by atoms with Gasteiger partial charge in [0.05, 0.1) is 23.8 Å². The summed E-state index contributed by atoms with van der Waals surface area (Å²) in [7, 11) is 3.14. The number of nitro benzene ring substituents is 1. The number of nitro groups is 1. The van der Waals surface area contributed by atoms with Crippen molar-refractivity contribution in [1.29, 1.82) is 0 Å². The average Bonchev–Trinajstić information content (AvgIpc) is 2.72. The van der Waals surface area contributed by atoms with Crippen molar-refractivity contribution in [2.24, 2.45) is 7.05 Å². The van der Waals surface area contributed by atoms with Crippen LogP contribution < -0.4 is 9.47 Å². The highest BCUT2D eigenvalue weighted by molar-refractivity contribution is 9.08. The average molecular weight is 356 g/mol. The summed E-state index contributed by atoms with van der Waals surface area (Å²) in [5.41, 5.74) is 1.60. The van der Waals surface area contributed by atoms with Gasteiger partial charge >= 0.3 is 5.69 Å². The van der Waals surface area contributed by atoms with Crippen LogP contribution in [0.5, 0.6) is 17.4 Å². The molecule has 0 amide bonds. The molecule has 112 valence electrons. The Hall–Kier alpha value is -2.09. The molecule has 0 fully saturated rings. The van der Waals surface area contributed by atoms with E-state index < -0.39 is 4.92 Å². The summed E-state index contributed by atoms with van der Waals surface area (Å²) in [5, 5.41) is 15.9. The summed E-state index contributed by atoms with van der Waals surface area (Å²) in [5.74, 6) is 1.09. The Morgan fingerprint density at radius 2 is 2.19 bits per heavy atom. The van der Waals surface area contributed by atoms with Crippen LogP contribution in [0.1, 0.15) is 11.3 Å². The Labute approximate surface area is 129 Å². The molecule has 0 saturated heterocycles. The van der Waals surface area contributed by atoms with Crippen LogP contribution in [-0.4, -0.2) is 21.8 Å². The minimum atomic E-state index is -0.508. The summed E-state index contributed by atoms with van der Waals surface area (Å²) < 4.78 is 12.3. The molecule has 7 nitrogen and oxygen atoms in total. The van der Waals surface area contributed by atoms with E-state index in [4.69, 9.17) is 9.47 Å². The lowest BCUT2D eigenvalue weighted by molar-refractivity contribution is -0.385. The van der Waals surface area contributed by atoms with E-state index >= 15 is 0 Å². The van der Waals surface area contributed by atoms with Crippen molar-refractivity contribution in [1.82, 2.24) is 9.78 Å². The van der Waals surface area contributed by atoms with Gasteiger partial charge in [0.15, 0.2) is 5.75 Å². The monoisotopic (exact) mass is 355 g/mol. The van der Waals surface area contributed by atoms with Crippen molar-refractivity contribution in [3.63, 3.8) is 0 Å². The van der Waals surface area contributed by atoms with E-state index in [0.717, 1.165) is 11.3 Å². The Kier molecular flexibility index (Phi) is 4.46. The molecule has 0 radical (unpaired) electrons. The maximum atomic E-state index is 11.0. The molecule has 0 aliphatic carbocycles. The number of benzene rings is 1. The van der Waals surface area contributed by atoms with Crippen LogP contribution in [0.4, 0.5) is 5.69 Å². The van der Waals surface area contributed by atoms with E-state index in [-0.39, 0.29) is 11.4 Å². The summed E-state index contributed by atoms with van der Waals surface area (Å²) in [4.78, 5) is 10.5. The summed E-state index contributed by atoms with van der Waals surface area (Å²) in [6.07, 6.45) is 0. The third-order valence-corrected chi connectivity index (χ3v) is 3.54. The highest BCUT2D eigenvalue weighted by atomic mass is 79.9. The zero-order valence-corrected chi connectivity index (χ0v) is 13.4. The molecule has 0 N–H and O–H groups in total. The number of halogens is 1. The Morgan fingerprint density at radius 1 is 1.48 bits per heavy atom. The predicted octanol–water partition coefficient (Wildman–Crippen LogP) is 3.33. The van der Waals surface area contributed by atoms with E-state index in [1.165, 1.54) is 19.2 Å². The minimum Gasteiger partial charge on any atom is -0.490 e. The molecule has 0 aliphatic heterocycles. The number of nitrogens with zero attached hydrogens (tertiary/aromatic N) is 3. The predicted molar refractivity (Wildman–Crippen MR) is 80.3 cm³/mol. The number of rotatable bonds is 5. The van der Waals surface area contributed by atoms with E-state index in [9.17, 15) is 10.1 Å². The Balaban J connectivity index is 2.41. The lowest BCUT2D eigenvalue weighted by Crippen LogP contribution is -1.98. The van der Waals surface area contributed by atoms with Crippen LogP contribution in [0.2, 0.25) is 0 Å². The van der Waals surface area contributed by atoms with E-state index in [1.807, 2.05) is 6.92 Å². The minimum absolute atomic E-state index is 0.144. The summed E-state index contributed by atoms with van der Waals surface area (Å²) in [6.45, 7) is 1.87. The molecule has 2 rings (SSSR count). The third kappa shape index (κ3) is 2.99. The molecule has 1 heterocycles. The second-order valence-corrected chi connectivity index (χ2v) is 4.88. The van der Waals surface area contributed by atoms with Crippen LogP contribution in [0.3, 0.4) is 0 Å². The number of ether oxygens (including phenoxy) is 2. The van der Waals surface area contributed by atoms with Gasteiger partial charge in [-0.05, 0) is 19.1 Å². The fourth-order valence-electron chi connectivity index (χ4n) is 1.95. The zero-order valence-electron chi connectivity index (χ0n) is 11.8. The van der Waals surface area contributed by atoms with Gasteiger partial charge in [0, 0.05) is 17.9 Å². The highest BCUT2D eigenvalue weighted by Gasteiger charge is 2.19. The summed E-state index contributed by atoms with van der Waals surface area (Å²) in [6, 6.07) is 4.45. The van der Waals surface area contributed by atoms with Crippen molar-refractivity contribution < 1.29 is 14.4 Å². The highest BCUT2D eigenvalue weighted by Crippen LogP contribution is 2.34. The van der Waals surface area contributed by atoms with Gasteiger partial charge in [-0.25, -0.2) is 4.68 Å². The van der Waals surface area contributed by atoms with Gasteiger partial charge in [0.25, 0.3) is 0 Å². The van der Waals surface area contributed by atoms with Gasteiger partial charge in [0.1, 0.15) is 5.75 Å². The lowest BCUT2D eigenvalue weighted by atomic mass is 10.2. The van der Waals surface area contributed by atoms with Crippen molar-refractivity contribution in [2.75, 3.05) is 7.11 Å². The lowest BCUT2D eigenvalue weighted by Gasteiger charge is -2.09. The fraction of sp³-hybridized carbons (Fsp3) is 0.308. The van der Waals surface area contributed by atoms with Crippen molar-refractivity contribution >= 4 is 21.6 Å². The number of hydrogen-bond donors (Lipinski definition) is 0. The molecule has 0 saturated carbocycles. The van der Waals surface area contributed by atoms with Gasteiger partial charge < -0.3 is 9.47 Å². The SMILES string of the molecule is COc1ccc(Oc2c(CBr)c(C)nn2C)cc1[N+](=O)[O-]. The number of alkyl halides is 1. The molecule has 0 aliphatic rings. The van der Waals surface area contributed by atoms with Crippen LogP contribution in [0.25, 0.3) is 0 Å². The Bertz CT molecular complexity index is 684. The van der Waals surface area contributed by atoms with Gasteiger partial charge in [-0.1, -0.05) is 15.9 Å². The van der Waals surface area contributed by atoms with E-state index in [0.29, 0.717) is 17.0 Å². The molecule has 1 aromatic carbocycles. The molecular weight excluding hydrogens is 342 g/mol. The quantitative estimate of drug-likeness (QED) is 0.466. The Morgan fingerprint density at radius 3 is 2.76 bits per heavy atom. The van der Waals surface area contributed by atoms with Gasteiger partial charge in [-0.3, -0.25) is 10.1 Å². The van der Waals surface area contributed by atoms with Crippen LogP contribution in [0.15, 0.2) is 18.2 Å². The smallest absolute Gasteiger partial charge is 0.314 e. The standard InChI is InChI=1S/C13H14BrN3O4/c1-8-10(7-14)13(16(2)15-8)21-9-4-5-12(20-3)11(6-9)17(18)19/h4-6H,7H2,1-3H3. The van der Waals surface area contributed by atoms with Gasteiger partial charge in [-0.15, -0.1) is 0 Å². The third-order valence-electron chi connectivity index (χ3n) is 2.98. The molecule has 21 heavy (non-hydrogen) atoms. The molecular formula is C13H14BrN3O4. The zero-order chi connectivity index (χ0) is 15.6. The summed E-state index contributed by atoms with van der Waals surface area (Å²) >= 11 is 3.38. The first kappa shape index (κ1) is 15.3. The second-order valence-electron chi connectivity index (χ2n) is 4.32. The number of aromatic nitrogens is 2. The van der Waals surface area contributed by atoms with Crippen LogP contribution in [-0.2, 0) is 12.4 Å². The van der Waals surface area contributed by atoms with Gasteiger partial charge in [-0.2, -0.15) is 5.10 Å². The molecule has 0 atom stereocenters.